The Kier molecular flexibility index (Phi) is 2.45. The van der Waals surface area contributed by atoms with E-state index in [4.69, 9.17) is 11.6 Å². The van der Waals surface area contributed by atoms with E-state index in [1.807, 2.05) is 29.9 Å². The van der Waals surface area contributed by atoms with E-state index in [9.17, 15) is 0 Å². The molecule has 2 aromatic heterocycles. The van der Waals surface area contributed by atoms with Crippen LogP contribution in [0.15, 0.2) is 30.6 Å². The van der Waals surface area contributed by atoms with Crippen molar-refractivity contribution in [2.75, 3.05) is 0 Å². The van der Waals surface area contributed by atoms with Gasteiger partial charge in [-0.1, -0.05) is 11.6 Å². The van der Waals surface area contributed by atoms with E-state index >= 15 is 0 Å². The van der Waals surface area contributed by atoms with Gasteiger partial charge in [0.05, 0.1) is 11.7 Å². The standard InChI is InChI=1S/C9H9ClN4/c1-7(14-6-2-5-11-14)8-3-4-9(10)13-12-8/h2-7H,1H3. The lowest BCUT2D eigenvalue weighted by molar-refractivity contribution is 0.545. The fourth-order valence-electron chi connectivity index (χ4n) is 1.19. The van der Waals surface area contributed by atoms with Crippen LogP contribution in [0, 0.1) is 0 Å². The van der Waals surface area contributed by atoms with Gasteiger partial charge in [0.2, 0.25) is 0 Å². The van der Waals surface area contributed by atoms with Crippen LogP contribution in [0.3, 0.4) is 0 Å². The van der Waals surface area contributed by atoms with Gasteiger partial charge in [-0.15, -0.1) is 5.10 Å². The molecule has 2 rings (SSSR count). The van der Waals surface area contributed by atoms with Crippen molar-refractivity contribution < 1.29 is 0 Å². The van der Waals surface area contributed by atoms with E-state index < -0.39 is 0 Å². The molecule has 14 heavy (non-hydrogen) atoms. The van der Waals surface area contributed by atoms with E-state index in [0.717, 1.165) is 5.69 Å². The van der Waals surface area contributed by atoms with E-state index in [2.05, 4.69) is 15.3 Å². The van der Waals surface area contributed by atoms with Gasteiger partial charge in [-0.25, -0.2) is 0 Å². The second-order valence-corrected chi connectivity index (χ2v) is 3.33. The number of rotatable bonds is 2. The molecule has 1 unspecified atom stereocenters. The maximum atomic E-state index is 5.65. The van der Waals surface area contributed by atoms with Gasteiger partial charge in [-0.3, -0.25) is 4.68 Å². The van der Waals surface area contributed by atoms with Crippen molar-refractivity contribution in [1.29, 1.82) is 0 Å². The van der Waals surface area contributed by atoms with Crippen LogP contribution in [0.25, 0.3) is 0 Å². The van der Waals surface area contributed by atoms with Crippen molar-refractivity contribution in [2.24, 2.45) is 0 Å². The van der Waals surface area contributed by atoms with Crippen LogP contribution in [-0.2, 0) is 0 Å². The zero-order valence-electron chi connectivity index (χ0n) is 7.63. The first kappa shape index (κ1) is 9.15. The van der Waals surface area contributed by atoms with Crippen molar-refractivity contribution >= 4 is 11.6 Å². The summed E-state index contributed by atoms with van der Waals surface area (Å²) >= 11 is 5.65. The third kappa shape index (κ3) is 1.75. The highest BCUT2D eigenvalue weighted by Crippen LogP contribution is 2.14. The number of hydrogen-bond acceptors (Lipinski definition) is 3. The Morgan fingerprint density at radius 1 is 1.36 bits per heavy atom. The summed E-state index contributed by atoms with van der Waals surface area (Å²) in [5.41, 5.74) is 0.845. The zero-order chi connectivity index (χ0) is 9.97. The molecule has 0 N–H and O–H groups in total. The number of halogens is 1. The van der Waals surface area contributed by atoms with Crippen LogP contribution in [-0.4, -0.2) is 20.0 Å². The second kappa shape index (κ2) is 3.75. The molecule has 2 aromatic rings. The van der Waals surface area contributed by atoms with Crippen molar-refractivity contribution in [3.8, 4) is 0 Å². The van der Waals surface area contributed by atoms with Crippen LogP contribution in [0.1, 0.15) is 18.7 Å². The van der Waals surface area contributed by atoms with E-state index in [0.29, 0.717) is 5.15 Å². The molecule has 0 amide bonds. The molecule has 72 valence electrons. The minimum Gasteiger partial charge on any atom is -0.264 e. The van der Waals surface area contributed by atoms with Gasteiger partial charge < -0.3 is 0 Å². The van der Waals surface area contributed by atoms with Crippen molar-refractivity contribution in [2.45, 2.75) is 13.0 Å². The monoisotopic (exact) mass is 208 g/mol. The Labute approximate surface area is 86.5 Å². The third-order valence-electron chi connectivity index (χ3n) is 2.00. The number of hydrogen-bond donors (Lipinski definition) is 0. The highest BCUT2D eigenvalue weighted by atomic mass is 35.5. The lowest BCUT2D eigenvalue weighted by atomic mass is 10.2. The Morgan fingerprint density at radius 2 is 2.21 bits per heavy atom. The SMILES string of the molecule is CC(c1ccc(Cl)nn1)n1cccn1. The Morgan fingerprint density at radius 3 is 2.79 bits per heavy atom. The van der Waals surface area contributed by atoms with Gasteiger partial charge in [0.25, 0.3) is 0 Å². The number of nitrogens with zero attached hydrogens (tertiary/aromatic N) is 4. The summed E-state index contributed by atoms with van der Waals surface area (Å²) in [5, 5.41) is 12.3. The van der Waals surface area contributed by atoms with Gasteiger partial charge >= 0.3 is 0 Å². The molecule has 0 spiro atoms. The quantitative estimate of drug-likeness (QED) is 0.758. The van der Waals surface area contributed by atoms with Crippen LogP contribution in [0.2, 0.25) is 5.15 Å². The van der Waals surface area contributed by atoms with Gasteiger partial charge in [0.1, 0.15) is 0 Å². The van der Waals surface area contributed by atoms with Crippen LogP contribution >= 0.6 is 11.6 Å². The summed E-state index contributed by atoms with van der Waals surface area (Å²) in [6, 6.07) is 5.53. The van der Waals surface area contributed by atoms with Gasteiger partial charge in [-0.2, -0.15) is 10.2 Å². The molecule has 0 bridgehead atoms. The summed E-state index contributed by atoms with van der Waals surface area (Å²) < 4.78 is 1.82. The highest BCUT2D eigenvalue weighted by molar-refractivity contribution is 6.29. The minimum absolute atomic E-state index is 0.0785. The second-order valence-electron chi connectivity index (χ2n) is 2.94. The lowest BCUT2D eigenvalue weighted by Gasteiger charge is -2.10. The van der Waals surface area contributed by atoms with Crippen LogP contribution in [0.5, 0.6) is 0 Å². The molecular formula is C9H9ClN4. The van der Waals surface area contributed by atoms with Crippen molar-refractivity contribution in [3.63, 3.8) is 0 Å². The molecule has 0 aromatic carbocycles. The molecule has 0 radical (unpaired) electrons. The first-order chi connectivity index (χ1) is 6.77. The summed E-state index contributed by atoms with van der Waals surface area (Å²) in [6.45, 7) is 2.00. The molecule has 5 heteroatoms. The first-order valence-electron chi connectivity index (χ1n) is 4.25. The van der Waals surface area contributed by atoms with Gasteiger partial charge in [-0.05, 0) is 25.1 Å². The normalized spacial score (nSPS) is 12.7. The molecule has 0 aliphatic carbocycles. The molecule has 2 heterocycles. The minimum atomic E-state index is 0.0785. The van der Waals surface area contributed by atoms with Crippen LogP contribution in [0.4, 0.5) is 0 Å². The average Bonchev–Trinajstić information content (AvgIpc) is 2.71. The van der Waals surface area contributed by atoms with Gasteiger partial charge in [0, 0.05) is 12.4 Å². The third-order valence-corrected chi connectivity index (χ3v) is 2.20. The molecule has 0 fully saturated rings. The topological polar surface area (TPSA) is 43.6 Å². The lowest BCUT2D eigenvalue weighted by Crippen LogP contribution is -2.09. The molecule has 4 nitrogen and oxygen atoms in total. The Bertz CT molecular complexity index is 395. The molecule has 0 saturated heterocycles. The molecule has 0 aliphatic rings. The molecular weight excluding hydrogens is 200 g/mol. The largest absolute Gasteiger partial charge is 0.264 e. The maximum Gasteiger partial charge on any atom is 0.151 e. The van der Waals surface area contributed by atoms with E-state index in [1.165, 1.54) is 0 Å². The smallest absolute Gasteiger partial charge is 0.151 e. The summed E-state index contributed by atoms with van der Waals surface area (Å²) in [4.78, 5) is 0. The Balaban J connectivity index is 2.28. The predicted molar refractivity (Wildman–Crippen MR) is 53.1 cm³/mol. The summed E-state index contributed by atoms with van der Waals surface area (Å²) in [6.07, 6.45) is 3.63. The van der Waals surface area contributed by atoms with Crippen molar-refractivity contribution in [1.82, 2.24) is 20.0 Å². The maximum absolute atomic E-state index is 5.65. The van der Waals surface area contributed by atoms with Crippen molar-refractivity contribution in [3.05, 3.63) is 41.4 Å². The molecule has 0 saturated carbocycles. The fraction of sp³-hybridized carbons (Fsp3) is 0.222. The predicted octanol–water partition coefficient (Wildman–Crippen LogP) is 1.94. The van der Waals surface area contributed by atoms with E-state index in [1.54, 1.807) is 12.3 Å². The average molecular weight is 209 g/mol. The fourth-order valence-corrected chi connectivity index (χ4v) is 1.30. The number of aromatic nitrogens is 4. The van der Waals surface area contributed by atoms with Crippen LogP contribution < -0.4 is 0 Å². The highest BCUT2D eigenvalue weighted by Gasteiger charge is 2.09. The zero-order valence-corrected chi connectivity index (χ0v) is 8.39. The molecule has 0 aliphatic heterocycles. The first-order valence-corrected chi connectivity index (χ1v) is 4.63. The Hall–Kier alpha value is -1.42. The summed E-state index contributed by atoms with van der Waals surface area (Å²) in [7, 11) is 0. The summed E-state index contributed by atoms with van der Waals surface area (Å²) in [5.74, 6) is 0. The molecule has 1 atom stereocenters. The van der Waals surface area contributed by atoms with E-state index in [-0.39, 0.29) is 6.04 Å². The van der Waals surface area contributed by atoms with Gasteiger partial charge in [0.15, 0.2) is 5.15 Å².